The molecule has 0 aliphatic rings. The minimum Gasteiger partial charge on any atom is -0.481 e. The van der Waals surface area contributed by atoms with Crippen molar-refractivity contribution < 1.29 is 14.3 Å². The molecule has 0 saturated heterocycles. The Bertz CT molecular complexity index is 1040. The van der Waals surface area contributed by atoms with Crippen molar-refractivity contribution in [3.05, 3.63) is 68.7 Å². The average molecular weight is 533 g/mol. The van der Waals surface area contributed by atoms with Gasteiger partial charge in [-0.25, -0.2) is 4.39 Å². The Morgan fingerprint density at radius 1 is 1.32 bits per heavy atom. The summed E-state index contributed by atoms with van der Waals surface area (Å²) in [6.07, 6.45) is -0.00113. The second-order valence-electron chi connectivity index (χ2n) is 5.43. The van der Waals surface area contributed by atoms with Crippen LogP contribution in [0.15, 0.2) is 46.9 Å². The van der Waals surface area contributed by atoms with Crippen LogP contribution in [-0.4, -0.2) is 19.1 Å². The molecule has 3 aromatic rings. The fraction of sp³-hybridized carbons (Fsp3) is 0.118. The molecule has 25 heavy (non-hydrogen) atoms. The highest BCUT2D eigenvalue weighted by Gasteiger charge is 2.26. The van der Waals surface area contributed by atoms with Gasteiger partial charge in [0.15, 0.2) is 0 Å². The number of hydrogen-bond donors (Lipinski definition) is 1. The lowest BCUT2D eigenvalue weighted by Gasteiger charge is -2.16. The van der Waals surface area contributed by atoms with Crippen molar-refractivity contribution >= 4 is 67.8 Å². The van der Waals surface area contributed by atoms with E-state index in [1.807, 2.05) is 35.0 Å². The summed E-state index contributed by atoms with van der Waals surface area (Å²) < 4.78 is 16.8. The maximum Gasteiger partial charge on any atom is 0.313 e. The highest BCUT2D eigenvalue weighted by Crippen LogP contribution is 2.29. The first-order valence-electron chi connectivity index (χ1n) is 7.23. The van der Waals surface area contributed by atoms with E-state index in [0.29, 0.717) is 25.8 Å². The van der Waals surface area contributed by atoms with Crippen LogP contribution in [0.1, 0.15) is 17.2 Å². The minimum atomic E-state index is -1.06. The molecule has 1 heterocycles. The van der Waals surface area contributed by atoms with Crippen LogP contribution in [0.5, 0.6) is 0 Å². The van der Waals surface area contributed by atoms with Crippen LogP contribution >= 0.6 is 51.0 Å². The number of carboxylic acid groups (broad SMARTS) is 1. The van der Waals surface area contributed by atoms with E-state index in [1.54, 1.807) is 24.3 Å². The van der Waals surface area contributed by atoms with Gasteiger partial charge in [-0.3, -0.25) is 4.79 Å². The highest BCUT2D eigenvalue weighted by molar-refractivity contribution is 14.1. The molecule has 0 saturated carbocycles. The molecule has 3 rings (SSSR count). The van der Waals surface area contributed by atoms with E-state index in [0.717, 1.165) is 5.39 Å². The Kier molecular flexibility index (Phi) is 5.49. The number of halogens is 3. The second-order valence-corrected chi connectivity index (χ2v) is 7.64. The average Bonchev–Trinajstić information content (AvgIpc) is 2.57. The summed E-state index contributed by atoms with van der Waals surface area (Å²) in [5, 5.41) is 15.5. The van der Waals surface area contributed by atoms with Gasteiger partial charge in [0.2, 0.25) is 0 Å². The van der Waals surface area contributed by atoms with Gasteiger partial charge >= 0.3 is 5.97 Å². The summed E-state index contributed by atoms with van der Waals surface area (Å²) >= 11 is 10.5. The Morgan fingerprint density at radius 3 is 2.64 bits per heavy atom. The molecule has 0 spiro atoms. The van der Waals surface area contributed by atoms with Gasteiger partial charge in [0, 0.05) is 15.2 Å². The molecule has 8 heteroatoms. The van der Waals surface area contributed by atoms with Gasteiger partial charge in [-0.15, -0.1) is 0 Å². The van der Waals surface area contributed by atoms with Gasteiger partial charge < -0.3 is 5.11 Å². The summed E-state index contributed by atoms with van der Waals surface area (Å²) in [7, 11) is 0. The predicted octanol–water partition coefficient (Wildman–Crippen LogP) is 5.28. The quantitative estimate of drug-likeness (QED) is 0.367. The smallest absolute Gasteiger partial charge is 0.313 e. The molecule has 0 bridgehead atoms. The topological polar surface area (TPSA) is 55.1 Å². The van der Waals surface area contributed by atoms with Gasteiger partial charge in [-0.2, -0.15) is 7.99 Å². The fourth-order valence-corrected chi connectivity index (χ4v) is 3.70. The normalized spacial score (nSPS) is 12.3. The molecule has 1 N–H and O–H groups in total. The molecule has 1 unspecified atom stereocenters. The number of fused-ring (bicyclic) bond motifs is 1. The van der Waals surface area contributed by atoms with Crippen molar-refractivity contribution in [2.45, 2.75) is 12.3 Å². The van der Waals surface area contributed by atoms with Crippen LogP contribution in [0.4, 0.5) is 4.39 Å². The summed E-state index contributed by atoms with van der Waals surface area (Å²) in [5.74, 6) is -2.50. The lowest BCUT2D eigenvalue weighted by molar-refractivity contribution is -0.138. The first kappa shape index (κ1) is 18.4. The predicted molar refractivity (Wildman–Crippen MR) is 108 cm³/mol. The Labute approximate surface area is 170 Å². The molecule has 0 aliphatic heterocycles. The van der Waals surface area contributed by atoms with Gasteiger partial charge in [0.05, 0.1) is 28.6 Å². The molecular weight excluding hydrogens is 522 g/mol. The zero-order valence-electron chi connectivity index (χ0n) is 12.6. The molecule has 0 radical (unpaired) electrons. The van der Waals surface area contributed by atoms with E-state index in [4.69, 9.17) is 12.2 Å². The van der Waals surface area contributed by atoms with Gasteiger partial charge in [0.25, 0.3) is 0 Å². The zero-order valence-corrected chi connectivity index (χ0v) is 17.2. The molecule has 0 fully saturated rings. The van der Waals surface area contributed by atoms with E-state index in [9.17, 15) is 14.3 Å². The maximum absolute atomic E-state index is 14.2. The van der Waals surface area contributed by atoms with E-state index < -0.39 is 17.7 Å². The third-order valence-electron chi connectivity index (χ3n) is 3.86. The van der Waals surface area contributed by atoms with Crippen LogP contribution < -0.4 is 0 Å². The Balaban J connectivity index is 2.16. The summed E-state index contributed by atoms with van der Waals surface area (Å²) in [5.41, 5.74) is 0.692. The van der Waals surface area contributed by atoms with Crippen molar-refractivity contribution in [2.24, 2.45) is 0 Å². The fourth-order valence-electron chi connectivity index (χ4n) is 2.65. The molecule has 128 valence electrons. The number of rotatable bonds is 4. The maximum atomic E-state index is 14.2. The minimum absolute atomic E-state index is 0.00113. The van der Waals surface area contributed by atoms with Crippen molar-refractivity contribution in [3.63, 3.8) is 0 Å². The third-order valence-corrected chi connectivity index (χ3v) is 5.78. The Morgan fingerprint density at radius 2 is 2.00 bits per heavy atom. The lowest BCUT2D eigenvalue weighted by atomic mass is 9.93. The summed E-state index contributed by atoms with van der Waals surface area (Å²) in [4.78, 5) is 11.9. The number of aliphatic carboxylic acids is 1. The molecular formula is C17H11BrFIN2O2S. The third kappa shape index (κ3) is 3.75. The van der Waals surface area contributed by atoms with E-state index in [1.165, 1.54) is 8.96 Å². The van der Waals surface area contributed by atoms with Crippen molar-refractivity contribution in [1.82, 2.24) is 7.99 Å². The van der Waals surface area contributed by atoms with Gasteiger partial charge in [-0.05, 0) is 24.1 Å². The van der Waals surface area contributed by atoms with Gasteiger partial charge in [0.1, 0.15) is 16.4 Å². The molecule has 2 aromatic carbocycles. The first-order valence-corrected chi connectivity index (χ1v) is 9.40. The van der Waals surface area contributed by atoms with Crippen molar-refractivity contribution in [1.29, 1.82) is 0 Å². The number of benzene rings is 2. The monoisotopic (exact) mass is 532 g/mol. The number of hydrogen-bond acceptors (Lipinski definition) is 3. The van der Waals surface area contributed by atoms with E-state index in [2.05, 4.69) is 21.0 Å². The highest BCUT2D eigenvalue weighted by atomic mass is 127. The largest absolute Gasteiger partial charge is 0.481 e. The van der Waals surface area contributed by atoms with Crippen LogP contribution in [0.3, 0.4) is 0 Å². The van der Waals surface area contributed by atoms with Crippen LogP contribution in [0, 0.1) is 10.5 Å². The number of nitrogens with zero attached hydrogens (tertiary/aromatic N) is 2. The second kappa shape index (κ2) is 7.46. The standard InChI is InChI=1S/C17H11BrFIN2O2S/c18-10-6-5-9(14(19)8-10)7-13(17(23)24)15-11-3-1-2-4-12(11)16(25)22(20)21-15/h1-6,8,13H,7H2,(H,23,24). The number of aromatic nitrogens is 2. The van der Waals surface area contributed by atoms with Gasteiger partial charge in [-0.1, -0.05) is 58.5 Å². The summed E-state index contributed by atoms with van der Waals surface area (Å²) in [6, 6.07) is 11.9. The SMILES string of the molecule is O=C(O)C(Cc1ccc(Br)cc1F)c1nn(I)c(=S)c2ccccc12. The van der Waals surface area contributed by atoms with Crippen LogP contribution in [0.25, 0.3) is 10.8 Å². The number of carboxylic acids is 1. The molecule has 4 nitrogen and oxygen atoms in total. The number of carbonyl (C=O) groups is 1. The van der Waals surface area contributed by atoms with Crippen LogP contribution in [0.2, 0.25) is 0 Å². The van der Waals surface area contributed by atoms with E-state index in [-0.39, 0.29) is 6.42 Å². The van der Waals surface area contributed by atoms with Crippen molar-refractivity contribution in [3.8, 4) is 0 Å². The lowest BCUT2D eigenvalue weighted by Crippen LogP contribution is -2.18. The van der Waals surface area contributed by atoms with Crippen molar-refractivity contribution in [2.75, 3.05) is 0 Å². The molecule has 0 aliphatic carbocycles. The zero-order chi connectivity index (χ0) is 18.1. The molecule has 1 atom stereocenters. The van der Waals surface area contributed by atoms with Crippen LogP contribution in [-0.2, 0) is 11.2 Å². The summed E-state index contributed by atoms with van der Waals surface area (Å²) in [6.45, 7) is 0. The van der Waals surface area contributed by atoms with E-state index >= 15 is 0 Å². The first-order chi connectivity index (χ1) is 11.9. The molecule has 1 aromatic heterocycles. The molecule has 0 amide bonds. The Hall–Kier alpha value is -1.39.